The molecule has 19 heavy (non-hydrogen) atoms. The molecule has 1 aromatic carbocycles. The predicted molar refractivity (Wildman–Crippen MR) is 69.7 cm³/mol. The maximum absolute atomic E-state index is 13.9. The number of benzene rings is 1. The smallest absolute Gasteiger partial charge is 0.131 e. The normalized spacial score (nSPS) is 18.7. The van der Waals surface area contributed by atoms with Crippen molar-refractivity contribution >= 4 is 0 Å². The van der Waals surface area contributed by atoms with E-state index in [1.165, 1.54) is 13.2 Å². The van der Waals surface area contributed by atoms with Crippen molar-refractivity contribution in [3.63, 3.8) is 0 Å². The van der Waals surface area contributed by atoms with Crippen molar-refractivity contribution in [3.05, 3.63) is 29.6 Å². The highest BCUT2D eigenvalue weighted by atomic mass is 19.1. The van der Waals surface area contributed by atoms with Crippen LogP contribution in [0.15, 0.2) is 18.2 Å². The zero-order valence-corrected chi connectivity index (χ0v) is 11.3. The van der Waals surface area contributed by atoms with Crippen LogP contribution >= 0.6 is 0 Å². The summed E-state index contributed by atoms with van der Waals surface area (Å²) < 4.78 is 24.2. The van der Waals surface area contributed by atoms with Gasteiger partial charge in [-0.15, -0.1) is 0 Å². The van der Waals surface area contributed by atoms with Crippen LogP contribution in [-0.2, 0) is 4.74 Å². The first-order valence-corrected chi connectivity index (χ1v) is 6.36. The summed E-state index contributed by atoms with van der Waals surface area (Å²) in [5.41, 5.74) is 0.283. The standard InChI is InChI=1S/C14H20FNO3/c1-10(16-6-14(7-17)8-19-9-14)13-11(15)4-3-5-12(13)18-2/h3-5,10,16-17H,6-9H2,1-2H3. The van der Waals surface area contributed by atoms with Gasteiger partial charge in [0.25, 0.3) is 0 Å². The maximum atomic E-state index is 13.9. The fraction of sp³-hybridized carbons (Fsp3) is 0.571. The van der Waals surface area contributed by atoms with E-state index >= 15 is 0 Å². The third kappa shape index (κ3) is 2.88. The van der Waals surface area contributed by atoms with E-state index in [1.54, 1.807) is 12.1 Å². The van der Waals surface area contributed by atoms with E-state index in [0.717, 1.165) is 0 Å². The highest BCUT2D eigenvalue weighted by molar-refractivity contribution is 5.36. The van der Waals surface area contributed by atoms with Crippen molar-refractivity contribution in [2.24, 2.45) is 5.41 Å². The first-order chi connectivity index (χ1) is 9.12. The van der Waals surface area contributed by atoms with Gasteiger partial charge in [-0.05, 0) is 19.1 Å². The predicted octanol–water partition coefficient (Wildman–Crippen LogP) is 1.49. The lowest BCUT2D eigenvalue weighted by molar-refractivity contribution is -0.135. The molecule has 0 aliphatic carbocycles. The van der Waals surface area contributed by atoms with E-state index in [-0.39, 0.29) is 23.9 Å². The summed E-state index contributed by atoms with van der Waals surface area (Å²) >= 11 is 0. The topological polar surface area (TPSA) is 50.7 Å². The second-order valence-corrected chi connectivity index (χ2v) is 5.11. The van der Waals surface area contributed by atoms with Crippen molar-refractivity contribution in [1.82, 2.24) is 5.32 Å². The molecule has 1 aromatic rings. The Labute approximate surface area is 112 Å². The van der Waals surface area contributed by atoms with Gasteiger partial charge < -0.3 is 19.9 Å². The number of nitrogens with one attached hydrogen (secondary N) is 1. The van der Waals surface area contributed by atoms with E-state index in [0.29, 0.717) is 31.1 Å². The molecule has 1 aliphatic rings. The number of rotatable bonds is 6. The Morgan fingerprint density at radius 3 is 2.79 bits per heavy atom. The SMILES string of the molecule is COc1cccc(F)c1C(C)NCC1(CO)COC1. The van der Waals surface area contributed by atoms with Crippen molar-refractivity contribution in [2.45, 2.75) is 13.0 Å². The van der Waals surface area contributed by atoms with E-state index in [1.807, 2.05) is 6.92 Å². The molecule has 0 radical (unpaired) electrons. The number of hydrogen-bond donors (Lipinski definition) is 2. The van der Waals surface area contributed by atoms with Gasteiger partial charge in [0.05, 0.1) is 32.3 Å². The molecular weight excluding hydrogens is 249 g/mol. The Morgan fingerprint density at radius 2 is 2.26 bits per heavy atom. The molecule has 1 heterocycles. The summed E-state index contributed by atoms with van der Waals surface area (Å²) in [5, 5.41) is 12.6. The largest absolute Gasteiger partial charge is 0.496 e. The van der Waals surface area contributed by atoms with Crippen molar-refractivity contribution < 1.29 is 19.0 Å². The number of methoxy groups -OCH3 is 1. The lowest BCUT2D eigenvalue weighted by Crippen LogP contribution is -2.52. The van der Waals surface area contributed by atoms with Crippen LogP contribution in [0.3, 0.4) is 0 Å². The highest BCUT2D eigenvalue weighted by Crippen LogP contribution is 2.30. The van der Waals surface area contributed by atoms with Gasteiger partial charge in [0.2, 0.25) is 0 Å². The van der Waals surface area contributed by atoms with Crippen LogP contribution in [-0.4, -0.2) is 38.6 Å². The number of aliphatic hydroxyl groups is 1. The highest BCUT2D eigenvalue weighted by Gasteiger charge is 2.38. The summed E-state index contributed by atoms with van der Waals surface area (Å²) in [6.07, 6.45) is 0. The molecule has 0 aromatic heterocycles. The van der Waals surface area contributed by atoms with Gasteiger partial charge in [-0.3, -0.25) is 0 Å². The fourth-order valence-corrected chi connectivity index (χ4v) is 2.23. The second-order valence-electron chi connectivity index (χ2n) is 5.11. The van der Waals surface area contributed by atoms with Crippen molar-refractivity contribution in [2.75, 3.05) is 33.5 Å². The summed E-state index contributed by atoms with van der Waals surface area (Å²) in [6, 6.07) is 4.59. The number of ether oxygens (including phenoxy) is 2. The van der Waals surface area contributed by atoms with Gasteiger partial charge in [0.15, 0.2) is 0 Å². The van der Waals surface area contributed by atoms with Gasteiger partial charge in [0.1, 0.15) is 11.6 Å². The van der Waals surface area contributed by atoms with Crippen LogP contribution in [0.5, 0.6) is 5.75 Å². The molecule has 1 fully saturated rings. The Morgan fingerprint density at radius 1 is 1.53 bits per heavy atom. The molecule has 0 amide bonds. The summed E-state index contributed by atoms with van der Waals surface area (Å²) in [6.45, 7) is 3.62. The van der Waals surface area contributed by atoms with Gasteiger partial charge >= 0.3 is 0 Å². The number of aliphatic hydroxyl groups excluding tert-OH is 1. The maximum Gasteiger partial charge on any atom is 0.131 e. The molecule has 1 aliphatic heterocycles. The molecule has 2 rings (SSSR count). The minimum Gasteiger partial charge on any atom is -0.496 e. The van der Waals surface area contributed by atoms with Gasteiger partial charge in [-0.1, -0.05) is 6.07 Å². The first kappa shape index (κ1) is 14.2. The molecule has 2 N–H and O–H groups in total. The average molecular weight is 269 g/mol. The zero-order valence-electron chi connectivity index (χ0n) is 11.3. The molecule has 1 saturated heterocycles. The molecule has 5 heteroatoms. The third-order valence-electron chi connectivity index (χ3n) is 3.60. The molecule has 0 bridgehead atoms. The molecule has 4 nitrogen and oxygen atoms in total. The quantitative estimate of drug-likeness (QED) is 0.821. The molecule has 1 atom stereocenters. The molecule has 1 unspecified atom stereocenters. The number of halogens is 1. The summed E-state index contributed by atoms with van der Waals surface area (Å²) in [5.74, 6) is 0.241. The van der Waals surface area contributed by atoms with Crippen LogP contribution in [0.4, 0.5) is 4.39 Å². The second kappa shape index (κ2) is 5.86. The third-order valence-corrected chi connectivity index (χ3v) is 3.60. The monoisotopic (exact) mass is 269 g/mol. The minimum absolute atomic E-state index is 0.0706. The van der Waals surface area contributed by atoms with Crippen LogP contribution in [0.25, 0.3) is 0 Å². The van der Waals surface area contributed by atoms with E-state index in [2.05, 4.69) is 5.32 Å². The zero-order chi connectivity index (χ0) is 13.9. The first-order valence-electron chi connectivity index (χ1n) is 6.36. The van der Waals surface area contributed by atoms with E-state index in [4.69, 9.17) is 9.47 Å². The van der Waals surface area contributed by atoms with Gasteiger partial charge in [-0.2, -0.15) is 0 Å². The Hall–Kier alpha value is -1.17. The van der Waals surface area contributed by atoms with Gasteiger partial charge in [-0.25, -0.2) is 4.39 Å². The minimum atomic E-state index is -0.290. The average Bonchev–Trinajstić information content (AvgIpc) is 2.37. The fourth-order valence-electron chi connectivity index (χ4n) is 2.23. The summed E-state index contributed by atoms with van der Waals surface area (Å²) in [7, 11) is 1.53. The van der Waals surface area contributed by atoms with E-state index < -0.39 is 0 Å². The van der Waals surface area contributed by atoms with Crippen LogP contribution in [0, 0.1) is 11.2 Å². The summed E-state index contributed by atoms with van der Waals surface area (Å²) in [4.78, 5) is 0. The molecule has 0 spiro atoms. The van der Waals surface area contributed by atoms with Gasteiger partial charge in [0, 0.05) is 18.2 Å². The van der Waals surface area contributed by atoms with Crippen molar-refractivity contribution in [1.29, 1.82) is 0 Å². The Kier molecular flexibility index (Phi) is 4.39. The molecule has 106 valence electrons. The van der Waals surface area contributed by atoms with Crippen molar-refractivity contribution in [3.8, 4) is 5.75 Å². The van der Waals surface area contributed by atoms with Crippen LogP contribution in [0.2, 0.25) is 0 Å². The lowest BCUT2D eigenvalue weighted by atomic mass is 9.86. The van der Waals surface area contributed by atoms with Crippen LogP contribution < -0.4 is 10.1 Å². The van der Waals surface area contributed by atoms with E-state index in [9.17, 15) is 9.50 Å². The molecule has 0 saturated carbocycles. The Bertz CT molecular complexity index is 429. The lowest BCUT2D eigenvalue weighted by Gasteiger charge is -2.40. The molecular formula is C14H20FNO3. The van der Waals surface area contributed by atoms with Crippen LogP contribution in [0.1, 0.15) is 18.5 Å². The number of hydrogen-bond acceptors (Lipinski definition) is 4. The Balaban J connectivity index is 2.05.